The van der Waals surface area contributed by atoms with Gasteiger partial charge in [0.05, 0.1) is 31.0 Å². The topological polar surface area (TPSA) is 99.0 Å². The maximum absolute atomic E-state index is 12.8. The Morgan fingerprint density at radius 2 is 1.65 bits per heavy atom. The fourth-order valence-corrected chi connectivity index (χ4v) is 4.88. The van der Waals surface area contributed by atoms with Gasteiger partial charge in [-0.05, 0) is 31.7 Å². The first-order valence-electron chi connectivity index (χ1n) is 12.2. The molecule has 0 atom stereocenters. The van der Waals surface area contributed by atoms with Crippen LogP contribution in [0, 0.1) is 17.2 Å². The summed E-state index contributed by atoms with van der Waals surface area (Å²) in [7, 11) is 0. The van der Waals surface area contributed by atoms with Gasteiger partial charge in [0.2, 0.25) is 0 Å². The number of nitriles is 1. The zero-order valence-corrected chi connectivity index (χ0v) is 20.7. The molecule has 0 unspecified atom stereocenters. The first-order chi connectivity index (χ1) is 16.2. The molecule has 0 aromatic carbocycles. The number of nitrogens with zero attached hydrogens (tertiary/aromatic N) is 5. The number of morpholine rings is 1. The highest BCUT2D eigenvalue weighted by atomic mass is 16.5. The zero-order chi connectivity index (χ0) is 24.5. The fourth-order valence-electron chi connectivity index (χ4n) is 4.88. The number of carbonyl (C=O) groups is 2. The maximum Gasteiger partial charge on any atom is 0.312 e. The third-order valence-corrected chi connectivity index (χ3v) is 6.75. The Labute approximate surface area is 201 Å². The van der Waals surface area contributed by atoms with E-state index in [0.29, 0.717) is 82.8 Å². The number of carbonyl (C=O) groups excluding carboxylic acids is 2. The number of fused-ring (bicyclic) bond motifs is 1. The molecule has 0 N–H and O–H groups in total. The minimum Gasteiger partial charge on any atom is -0.378 e. The Bertz CT molecular complexity index is 986. The van der Waals surface area contributed by atoms with Crippen molar-refractivity contribution in [2.45, 2.75) is 52.7 Å². The van der Waals surface area contributed by atoms with Crippen LogP contribution in [-0.2, 0) is 38.5 Å². The number of anilines is 1. The molecule has 2 fully saturated rings. The van der Waals surface area contributed by atoms with Crippen LogP contribution < -0.4 is 4.90 Å². The van der Waals surface area contributed by atoms with Gasteiger partial charge in [-0.2, -0.15) is 5.26 Å². The van der Waals surface area contributed by atoms with E-state index < -0.39 is 11.8 Å². The van der Waals surface area contributed by atoms with E-state index in [1.54, 1.807) is 9.80 Å². The standard InChI is InChI=1S/C25H35N5O4/c1-17(2)13-21-20-16-34-25(3,4)14-18(20)19(15-26)22(27-21)28-5-7-29(8-6-28)23(31)24(32)30-9-11-33-12-10-30/h17H,5-14,16H2,1-4H3. The number of pyridine rings is 1. The lowest BCUT2D eigenvalue weighted by molar-refractivity contribution is -0.154. The van der Waals surface area contributed by atoms with Gasteiger partial charge in [0, 0.05) is 56.9 Å². The SMILES string of the molecule is CC(C)Cc1nc(N2CCN(C(=O)C(=O)N3CCOCC3)CC2)c(C#N)c2c1COC(C)(C)C2. The Morgan fingerprint density at radius 1 is 1.03 bits per heavy atom. The van der Waals surface area contributed by atoms with Crippen LogP contribution in [0.1, 0.15) is 50.1 Å². The number of ether oxygens (including phenoxy) is 2. The molecule has 9 heteroatoms. The first kappa shape index (κ1) is 24.4. The quantitative estimate of drug-likeness (QED) is 0.619. The molecule has 9 nitrogen and oxygen atoms in total. The fraction of sp³-hybridized carbons (Fsp3) is 0.680. The summed E-state index contributed by atoms with van der Waals surface area (Å²) in [6.07, 6.45) is 1.48. The van der Waals surface area contributed by atoms with Gasteiger partial charge in [-0.3, -0.25) is 9.59 Å². The van der Waals surface area contributed by atoms with E-state index in [1.165, 1.54) is 0 Å². The van der Waals surface area contributed by atoms with Gasteiger partial charge in [-0.15, -0.1) is 0 Å². The van der Waals surface area contributed by atoms with Crippen molar-refractivity contribution in [3.05, 3.63) is 22.4 Å². The molecule has 0 aliphatic carbocycles. The van der Waals surface area contributed by atoms with Gasteiger partial charge < -0.3 is 24.2 Å². The summed E-state index contributed by atoms with van der Waals surface area (Å²) in [5, 5.41) is 10.1. The zero-order valence-electron chi connectivity index (χ0n) is 20.7. The van der Waals surface area contributed by atoms with Crippen molar-refractivity contribution in [2.24, 2.45) is 5.92 Å². The van der Waals surface area contributed by atoms with Crippen molar-refractivity contribution in [1.82, 2.24) is 14.8 Å². The molecule has 1 aromatic heterocycles. The molecule has 4 heterocycles. The second kappa shape index (κ2) is 9.88. The summed E-state index contributed by atoms with van der Waals surface area (Å²) in [6, 6.07) is 2.42. The largest absolute Gasteiger partial charge is 0.378 e. The van der Waals surface area contributed by atoms with Crippen molar-refractivity contribution in [1.29, 1.82) is 5.26 Å². The molecule has 2 amide bonds. The Kier molecular flexibility index (Phi) is 7.10. The van der Waals surface area contributed by atoms with E-state index in [-0.39, 0.29) is 5.60 Å². The van der Waals surface area contributed by atoms with Crippen LogP contribution in [0.2, 0.25) is 0 Å². The van der Waals surface area contributed by atoms with Gasteiger partial charge in [0.15, 0.2) is 0 Å². The highest BCUT2D eigenvalue weighted by Gasteiger charge is 2.35. The van der Waals surface area contributed by atoms with Crippen molar-refractivity contribution in [2.75, 3.05) is 57.4 Å². The Morgan fingerprint density at radius 3 is 2.24 bits per heavy atom. The monoisotopic (exact) mass is 469 g/mol. The Hall–Kier alpha value is -2.70. The molecule has 0 spiro atoms. The second-order valence-corrected chi connectivity index (χ2v) is 10.3. The molecule has 3 aliphatic heterocycles. The maximum atomic E-state index is 12.8. The average Bonchev–Trinajstić information content (AvgIpc) is 2.82. The molecule has 34 heavy (non-hydrogen) atoms. The lowest BCUT2D eigenvalue weighted by atomic mass is 9.86. The summed E-state index contributed by atoms with van der Waals surface area (Å²) in [5.74, 6) is 0.205. The number of amides is 2. The summed E-state index contributed by atoms with van der Waals surface area (Å²) in [4.78, 5) is 35.7. The number of hydrogen-bond acceptors (Lipinski definition) is 7. The van der Waals surface area contributed by atoms with Crippen molar-refractivity contribution in [3.63, 3.8) is 0 Å². The third-order valence-electron chi connectivity index (χ3n) is 6.75. The third kappa shape index (κ3) is 5.03. The number of piperazine rings is 1. The molecule has 4 rings (SSSR count). The van der Waals surface area contributed by atoms with Gasteiger partial charge in [0.25, 0.3) is 0 Å². The first-order valence-corrected chi connectivity index (χ1v) is 12.2. The smallest absolute Gasteiger partial charge is 0.312 e. The highest BCUT2D eigenvalue weighted by molar-refractivity contribution is 6.34. The summed E-state index contributed by atoms with van der Waals surface area (Å²) < 4.78 is 11.3. The van der Waals surface area contributed by atoms with Crippen molar-refractivity contribution >= 4 is 17.6 Å². The van der Waals surface area contributed by atoms with E-state index in [4.69, 9.17) is 14.5 Å². The summed E-state index contributed by atoms with van der Waals surface area (Å²) in [6.45, 7) is 12.6. The summed E-state index contributed by atoms with van der Waals surface area (Å²) in [5.41, 5.74) is 3.37. The van der Waals surface area contributed by atoms with E-state index in [1.807, 2.05) is 0 Å². The van der Waals surface area contributed by atoms with Gasteiger partial charge >= 0.3 is 11.8 Å². The average molecular weight is 470 g/mol. The number of hydrogen-bond donors (Lipinski definition) is 0. The van der Waals surface area contributed by atoms with Gasteiger partial charge in [-0.1, -0.05) is 13.8 Å². The van der Waals surface area contributed by atoms with Crippen LogP contribution in [0.5, 0.6) is 0 Å². The van der Waals surface area contributed by atoms with Crippen molar-refractivity contribution in [3.8, 4) is 6.07 Å². The molecule has 3 aliphatic rings. The predicted molar refractivity (Wildman–Crippen MR) is 126 cm³/mol. The Balaban J connectivity index is 1.55. The summed E-state index contributed by atoms with van der Waals surface area (Å²) >= 11 is 0. The van der Waals surface area contributed by atoms with Gasteiger partial charge in [-0.25, -0.2) is 4.98 Å². The minimum atomic E-state index is -0.458. The molecule has 0 saturated carbocycles. The van der Waals surface area contributed by atoms with E-state index in [0.717, 1.165) is 23.2 Å². The van der Waals surface area contributed by atoms with Crippen LogP contribution in [0.15, 0.2) is 0 Å². The van der Waals surface area contributed by atoms with E-state index in [9.17, 15) is 14.9 Å². The second-order valence-electron chi connectivity index (χ2n) is 10.3. The highest BCUT2D eigenvalue weighted by Crippen LogP contribution is 2.36. The number of rotatable bonds is 3. The minimum absolute atomic E-state index is 0.336. The molecular weight excluding hydrogens is 434 g/mol. The van der Waals surface area contributed by atoms with Crippen LogP contribution in [0.3, 0.4) is 0 Å². The molecule has 184 valence electrons. The molecule has 0 bridgehead atoms. The molecule has 1 aromatic rings. The predicted octanol–water partition coefficient (Wildman–Crippen LogP) is 1.51. The number of aromatic nitrogens is 1. The van der Waals surface area contributed by atoms with Crippen LogP contribution in [0.4, 0.5) is 5.82 Å². The lowest BCUT2D eigenvalue weighted by Gasteiger charge is -2.38. The van der Waals surface area contributed by atoms with Gasteiger partial charge in [0.1, 0.15) is 11.9 Å². The van der Waals surface area contributed by atoms with E-state index in [2.05, 4.69) is 38.7 Å². The van der Waals surface area contributed by atoms with Crippen LogP contribution in [0.25, 0.3) is 0 Å². The molecular formula is C25H35N5O4. The molecule has 0 radical (unpaired) electrons. The lowest BCUT2D eigenvalue weighted by Crippen LogP contribution is -2.55. The van der Waals surface area contributed by atoms with Crippen LogP contribution >= 0.6 is 0 Å². The van der Waals surface area contributed by atoms with Crippen LogP contribution in [-0.4, -0.2) is 84.7 Å². The van der Waals surface area contributed by atoms with E-state index >= 15 is 0 Å². The normalized spacial score (nSPS) is 20.2. The van der Waals surface area contributed by atoms with Crippen molar-refractivity contribution < 1.29 is 19.1 Å². The molecule has 2 saturated heterocycles.